The third kappa shape index (κ3) is 2.99. The Morgan fingerprint density at radius 1 is 1.22 bits per heavy atom. The molecule has 0 heterocycles. The molecule has 0 saturated heterocycles. The molecule has 0 fully saturated rings. The van der Waals surface area contributed by atoms with E-state index in [0.29, 0.717) is 11.2 Å². The number of carbonyl (C=O) groups is 1. The van der Waals surface area contributed by atoms with Crippen LogP contribution in [0.1, 0.15) is 21.5 Å². The lowest BCUT2D eigenvalue weighted by Crippen LogP contribution is -1.91. The van der Waals surface area contributed by atoms with Crippen molar-refractivity contribution < 1.29 is 9.18 Å². The summed E-state index contributed by atoms with van der Waals surface area (Å²) in [6, 6.07) is 12.9. The molecule has 0 bridgehead atoms. The molecule has 92 valence electrons. The number of rotatable bonds is 4. The first kappa shape index (κ1) is 12.8. The van der Waals surface area contributed by atoms with Crippen molar-refractivity contribution in [1.29, 1.82) is 0 Å². The normalized spacial score (nSPS) is 10.3. The molecule has 18 heavy (non-hydrogen) atoms. The van der Waals surface area contributed by atoms with Crippen LogP contribution >= 0.6 is 11.8 Å². The zero-order valence-corrected chi connectivity index (χ0v) is 10.8. The molecule has 0 aliphatic carbocycles. The summed E-state index contributed by atoms with van der Waals surface area (Å²) >= 11 is 1.48. The molecule has 0 saturated carbocycles. The van der Waals surface area contributed by atoms with Gasteiger partial charge in [-0.2, -0.15) is 0 Å². The van der Waals surface area contributed by atoms with Crippen LogP contribution in [0.5, 0.6) is 0 Å². The lowest BCUT2D eigenvalue weighted by molar-refractivity contribution is 0.111. The molecule has 0 aliphatic heterocycles. The molecule has 0 aromatic heterocycles. The van der Waals surface area contributed by atoms with E-state index >= 15 is 0 Å². The van der Waals surface area contributed by atoms with Gasteiger partial charge in [-0.1, -0.05) is 35.9 Å². The number of halogens is 1. The number of hydrogen-bond donors (Lipinski definition) is 0. The van der Waals surface area contributed by atoms with E-state index in [1.54, 1.807) is 12.1 Å². The maximum atomic E-state index is 13.4. The third-order valence-corrected chi connectivity index (χ3v) is 3.75. The van der Waals surface area contributed by atoms with E-state index in [-0.39, 0.29) is 5.56 Å². The maximum absolute atomic E-state index is 13.4. The van der Waals surface area contributed by atoms with Crippen molar-refractivity contribution >= 4 is 18.0 Å². The van der Waals surface area contributed by atoms with Gasteiger partial charge in [-0.15, -0.1) is 11.8 Å². The first-order chi connectivity index (χ1) is 8.70. The largest absolute Gasteiger partial charge is 0.298 e. The first-order valence-corrected chi connectivity index (χ1v) is 6.61. The van der Waals surface area contributed by atoms with Crippen LogP contribution in [0.25, 0.3) is 0 Å². The van der Waals surface area contributed by atoms with E-state index in [1.807, 2.05) is 25.1 Å². The van der Waals surface area contributed by atoms with Crippen LogP contribution < -0.4 is 0 Å². The fourth-order valence-electron chi connectivity index (χ4n) is 1.72. The van der Waals surface area contributed by atoms with Crippen LogP contribution in [0.3, 0.4) is 0 Å². The number of aldehydes is 1. The van der Waals surface area contributed by atoms with Gasteiger partial charge in [-0.25, -0.2) is 4.39 Å². The third-order valence-electron chi connectivity index (χ3n) is 2.61. The Balaban J connectivity index is 2.15. The lowest BCUT2D eigenvalue weighted by atomic mass is 10.2. The maximum Gasteiger partial charge on any atom is 0.154 e. The summed E-state index contributed by atoms with van der Waals surface area (Å²) in [6.45, 7) is 2.03. The van der Waals surface area contributed by atoms with Crippen molar-refractivity contribution in [3.63, 3.8) is 0 Å². The molecule has 0 spiro atoms. The molecular weight excluding hydrogens is 247 g/mol. The van der Waals surface area contributed by atoms with Gasteiger partial charge in [-0.05, 0) is 24.6 Å². The predicted octanol–water partition coefficient (Wildman–Crippen LogP) is 4.24. The summed E-state index contributed by atoms with van der Waals surface area (Å²) in [5, 5.41) is 0. The Morgan fingerprint density at radius 2 is 2.00 bits per heavy atom. The first-order valence-electron chi connectivity index (χ1n) is 5.63. The molecular formula is C15H13FOS. The predicted molar refractivity (Wildman–Crippen MR) is 72.5 cm³/mol. The highest BCUT2D eigenvalue weighted by Gasteiger charge is 2.07. The molecule has 2 rings (SSSR count). The Hall–Kier alpha value is -1.61. The smallest absolute Gasteiger partial charge is 0.154 e. The Bertz CT molecular complexity index is 566. The second-order valence-electron chi connectivity index (χ2n) is 4.05. The minimum absolute atomic E-state index is 0.148. The van der Waals surface area contributed by atoms with Gasteiger partial charge in [0.2, 0.25) is 0 Å². The standard InChI is InChI=1S/C15H13FOS/c1-11-4-2-5-12(8-11)10-18-15-7-3-6-14(16)13(15)9-17/h2-9H,10H2,1H3. The topological polar surface area (TPSA) is 17.1 Å². The van der Waals surface area contributed by atoms with Crippen LogP contribution in [-0.4, -0.2) is 6.29 Å². The Labute approximate surface area is 110 Å². The molecule has 0 atom stereocenters. The highest BCUT2D eigenvalue weighted by molar-refractivity contribution is 7.98. The lowest BCUT2D eigenvalue weighted by Gasteiger charge is -2.06. The van der Waals surface area contributed by atoms with Gasteiger partial charge in [0.25, 0.3) is 0 Å². The second-order valence-corrected chi connectivity index (χ2v) is 5.06. The number of benzene rings is 2. The summed E-state index contributed by atoms with van der Waals surface area (Å²) in [4.78, 5) is 11.5. The highest BCUT2D eigenvalue weighted by atomic mass is 32.2. The van der Waals surface area contributed by atoms with Crippen molar-refractivity contribution in [2.45, 2.75) is 17.6 Å². The SMILES string of the molecule is Cc1cccc(CSc2cccc(F)c2C=O)c1. The summed E-state index contributed by atoms with van der Waals surface area (Å²) < 4.78 is 13.4. The summed E-state index contributed by atoms with van der Waals surface area (Å²) in [5.74, 6) is 0.269. The molecule has 0 radical (unpaired) electrons. The van der Waals surface area contributed by atoms with Gasteiger partial charge in [-0.3, -0.25) is 4.79 Å². The zero-order chi connectivity index (χ0) is 13.0. The minimum Gasteiger partial charge on any atom is -0.298 e. The van der Waals surface area contributed by atoms with Crippen molar-refractivity contribution in [3.8, 4) is 0 Å². The van der Waals surface area contributed by atoms with E-state index in [2.05, 4.69) is 6.07 Å². The highest BCUT2D eigenvalue weighted by Crippen LogP contribution is 2.27. The van der Waals surface area contributed by atoms with E-state index in [0.717, 1.165) is 5.75 Å². The summed E-state index contributed by atoms with van der Waals surface area (Å²) in [6.07, 6.45) is 0.577. The molecule has 0 N–H and O–H groups in total. The molecule has 2 aromatic carbocycles. The van der Waals surface area contributed by atoms with E-state index in [1.165, 1.54) is 29.0 Å². The number of carbonyl (C=O) groups excluding carboxylic acids is 1. The average molecular weight is 260 g/mol. The Kier molecular flexibility index (Phi) is 4.15. The fraction of sp³-hybridized carbons (Fsp3) is 0.133. The van der Waals surface area contributed by atoms with Crippen LogP contribution in [0.4, 0.5) is 4.39 Å². The van der Waals surface area contributed by atoms with Gasteiger partial charge < -0.3 is 0 Å². The molecule has 0 unspecified atom stereocenters. The van der Waals surface area contributed by atoms with Crippen LogP contribution in [-0.2, 0) is 5.75 Å². The fourth-order valence-corrected chi connectivity index (χ4v) is 2.70. The van der Waals surface area contributed by atoms with Gasteiger partial charge in [0.15, 0.2) is 6.29 Å². The summed E-state index contributed by atoms with van der Waals surface area (Å²) in [7, 11) is 0. The van der Waals surface area contributed by atoms with Gasteiger partial charge >= 0.3 is 0 Å². The van der Waals surface area contributed by atoms with E-state index < -0.39 is 5.82 Å². The van der Waals surface area contributed by atoms with Gasteiger partial charge in [0.05, 0.1) is 5.56 Å². The quantitative estimate of drug-likeness (QED) is 0.604. The van der Waals surface area contributed by atoms with Gasteiger partial charge in [0.1, 0.15) is 5.82 Å². The zero-order valence-electron chi connectivity index (χ0n) is 10.0. The van der Waals surface area contributed by atoms with Crippen molar-refractivity contribution in [1.82, 2.24) is 0 Å². The van der Waals surface area contributed by atoms with Crippen molar-refractivity contribution in [3.05, 3.63) is 65.0 Å². The second kappa shape index (κ2) is 5.83. The molecule has 0 amide bonds. The number of thioether (sulfide) groups is 1. The molecule has 0 aliphatic rings. The minimum atomic E-state index is -0.459. The van der Waals surface area contributed by atoms with E-state index in [4.69, 9.17) is 0 Å². The van der Waals surface area contributed by atoms with Crippen LogP contribution in [0, 0.1) is 12.7 Å². The number of hydrogen-bond acceptors (Lipinski definition) is 2. The van der Waals surface area contributed by atoms with Crippen molar-refractivity contribution in [2.75, 3.05) is 0 Å². The monoisotopic (exact) mass is 260 g/mol. The summed E-state index contributed by atoms with van der Waals surface area (Å²) in [5.41, 5.74) is 2.51. The van der Waals surface area contributed by atoms with Crippen molar-refractivity contribution in [2.24, 2.45) is 0 Å². The van der Waals surface area contributed by atoms with E-state index in [9.17, 15) is 9.18 Å². The number of aryl methyl sites for hydroxylation is 1. The Morgan fingerprint density at radius 3 is 2.72 bits per heavy atom. The average Bonchev–Trinajstić information content (AvgIpc) is 2.36. The van der Waals surface area contributed by atoms with Crippen LogP contribution in [0.15, 0.2) is 47.4 Å². The van der Waals surface area contributed by atoms with Crippen LogP contribution in [0.2, 0.25) is 0 Å². The van der Waals surface area contributed by atoms with Gasteiger partial charge in [0, 0.05) is 10.6 Å². The molecule has 3 heteroatoms. The molecule has 1 nitrogen and oxygen atoms in total. The molecule has 2 aromatic rings.